The Labute approximate surface area is 220 Å². The van der Waals surface area contributed by atoms with E-state index in [1.54, 1.807) is 18.2 Å². The highest BCUT2D eigenvalue weighted by atomic mass is 19.1. The zero-order chi connectivity index (χ0) is 26.5. The minimum Gasteiger partial charge on any atom is -0.378 e. The Hall–Kier alpha value is -4.43. The number of halogens is 1. The molecule has 0 saturated carbocycles. The molecule has 0 bridgehead atoms. The second-order valence-corrected chi connectivity index (χ2v) is 9.27. The third kappa shape index (κ3) is 5.76. The first kappa shape index (κ1) is 25.2. The molecule has 0 spiro atoms. The molecule has 0 aliphatic carbocycles. The highest BCUT2D eigenvalue weighted by Gasteiger charge is 2.30. The highest BCUT2D eigenvalue weighted by molar-refractivity contribution is 5.98. The summed E-state index contributed by atoms with van der Waals surface area (Å²) in [7, 11) is 0. The molecule has 0 radical (unpaired) electrons. The van der Waals surface area contributed by atoms with Gasteiger partial charge in [0.2, 0.25) is 0 Å². The lowest BCUT2D eigenvalue weighted by molar-refractivity contribution is 0.100. The number of amides is 1. The maximum atomic E-state index is 15.2. The summed E-state index contributed by atoms with van der Waals surface area (Å²) in [6, 6.07) is 14.6. The molecule has 3 aromatic rings. The topological polar surface area (TPSA) is 132 Å². The van der Waals surface area contributed by atoms with Crippen molar-refractivity contribution in [2.45, 2.75) is 18.6 Å². The van der Waals surface area contributed by atoms with Crippen LogP contribution in [0.15, 0.2) is 54.9 Å². The number of rotatable bonds is 7. The van der Waals surface area contributed by atoms with Crippen LogP contribution < -0.4 is 26.2 Å². The standard InChI is InChI=1S/C27H29FN8O2/c28-22-17-36(26-6-1-18(14-29)15-32-26)8-7-23(22)34-24-13-25(31-16-21(24)27(30)37)33-19-2-4-20(5-3-19)35-9-11-38-12-10-35/h1-6,13,15-16,22-23H,7-12,17H2,(H2,30,37)(H2,31,33,34)/t22-,23+/m0/s1. The second-order valence-electron chi connectivity index (χ2n) is 9.27. The summed E-state index contributed by atoms with van der Waals surface area (Å²) in [5, 5.41) is 15.4. The van der Waals surface area contributed by atoms with Crippen molar-refractivity contribution in [3.63, 3.8) is 0 Å². The van der Waals surface area contributed by atoms with Crippen LogP contribution in [0.2, 0.25) is 0 Å². The third-order valence-electron chi connectivity index (χ3n) is 6.77. The van der Waals surface area contributed by atoms with Gasteiger partial charge in [-0.05, 0) is 42.8 Å². The third-order valence-corrected chi connectivity index (χ3v) is 6.77. The molecular weight excluding hydrogens is 487 g/mol. The quantitative estimate of drug-likeness (QED) is 0.433. The lowest BCUT2D eigenvalue weighted by atomic mass is 10.0. The number of pyridine rings is 2. The number of carbonyl (C=O) groups excluding carboxylic acids is 1. The summed E-state index contributed by atoms with van der Waals surface area (Å²) in [6.45, 7) is 3.85. The maximum Gasteiger partial charge on any atom is 0.252 e. The molecule has 38 heavy (non-hydrogen) atoms. The van der Waals surface area contributed by atoms with E-state index in [2.05, 4.69) is 25.5 Å². The Balaban J connectivity index is 1.26. The molecule has 2 aliphatic rings. The Kier molecular flexibility index (Phi) is 7.51. The van der Waals surface area contributed by atoms with Gasteiger partial charge in [0.1, 0.15) is 23.9 Å². The number of aromatic nitrogens is 2. The number of alkyl halides is 1. The van der Waals surface area contributed by atoms with Gasteiger partial charge in [0.25, 0.3) is 5.91 Å². The van der Waals surface area contributed by atoms with E-state index >= 15 is 4.39 Å². The molecule has 11 heteroatoms. The van der Waals surface area contributed by atoms with E-state index < -0.39 is 18.1 Å². The van der Waals surface area contributed by atoms with Gasteiger partial charge in [-0.15, -0.1) is 0 Å². The van der Waals surface area contributed by atoms with Crippen LogP contribution in [0.4, 0.5) is 33.1 Å². The van der Waals surface area contributed by atoms with Crippen molar-refractivity contribution >= 4 is 34.6 Å². The minimum atomic E-state index is -1.22. The number of primary amides is 1. The predicted octanol–water partition coefficient (Wildman–Crippen LogP) is 3.06. The number of piperidine rings is 1. The molecule has 196 valence electrons. The molecule has 2 saturated heterocycles. The van der Waals surface area contributed by atoms with E-state index in [1.165, 1.54) is 12.4 Å². The van der Waals surface area contributed by atoms with Crippen LogP contribution in [0.1, 0.15) is 22.3 Å². The SMILES string of the molecule is N#Cc1ccc(N2CC[C@@H](Nc3cc(Nc4ccc(N5CCOCC5)cc4)ncc3C(N)=O)[C@@H](F)C2)nc1. The van der Waals surface area contributed by atoms with Crippen LogP contribution >= 0.6 is 0 Å². The molecule has 2 aromatic heterocycles. The first-order chi connectivity index (χ1) is 18.5. The molecule has 0 unspecified atom stereocenters. The number of nitriles is 1. The number of hydrogen-bond acceptors (Lipinski definition) is 9. The number of nitrogens with one attached hydrogen (secondary N) is 2. The molecular formula is C27H29FN8O2. The van der Waals surface area contributed by atoms with Crippen LogP contribution in [0, 0.1) is 11.3 Å². The average Bonchev–Trinajstić information content (AvgIpc) is 2.95. The van der Waals surface area contributed by atoms with Gasteiger partial charge in [-0.2, -0.15) is 5.26 Å². The van der Waals surface area contributed by atoms with Gasteiger partial charge < -0.3 is 30.9 Å². The molecule has 2 fully saturated rings. The highest BCUT2D eigenvalue weighted by Crippen LogP contribution is 2.27. The summed E-state index contributed by atoms with van der Waals surface area (Å²) in [6.07, 6.45) is 2.14. The number of anilines is 5. The summed E-state index contributed by atoms with van der Waals surface area (Å²) in [5.41, 5.74) is 8.61. The van der Waals surface area contributed by atoms with Gasteiger partial charge in [0.05, 0.1) is 42.6 Å². The van der Waals surface area contributed by atoms with Gasteiger partial charge >= 0.3 is 0 Å². The zero-order valence-electron chi connectivity index (χ0n) is 20.8. The zero-order valence-corrected chi connectivity index (χ0v) is 20.8. The van der Waals surface area contributed by atoms with E-state index in [4.69, 9.17) is 15.7 Å². The lowest BCUT2D eigenvalue weighted by Gasteiger charge is -2.36. The number of benzene rings is 1. The summed E-state index contributed by atoms with van der Waals surface area (Å²) in [5.74, 6) is 0.486. The van der Waals surface area contributed by atoms with Crippen molar-refractivity contribution in [1.29, 1.82) is 5.26 Å². The van der Waals surface area contributed by atoms with E-state index in [-0.39, 0.29) is 12.1 Å². The van der Waals surface area contributed by atoms with Crippen molar-refractivity contribution in [1.82, 2.24) is 9.97 Å². The van der Waals surface area contributed by atoms with Crippen LogP contribution in [-0.2, 0) is 4.74 Å². The molecule has 10 nitrogen and oxygen atoms in total. The molecule has 1 aromatic carbocycles. The van der Waals surface area contributed by atoms with Crippen LogP contribution in [-0.4, -0.2) is 67.5 Å². The number of morpholine rings is 1. The summed E-state index contributed by atoms with van der Waals surface area (Å²) >= 11 is 0. The first-order valence-corrected chi connectivity index (χ1v) is 12.5. The van der Waals surface area contributed by atoms with E-state index in [0.717, 1.165) is 37.7 Å². The van der Waals surface area contributed by atoms with Crippen molar-refractivity contribution in [2.75, 3.05) is 59.8 Å². The Bertz CT molecular complexity index is 1310. The Morgan fingerprint density at radius 3 is 2.53 bits per heavy atom. The van der Waals surface area contributed by atoms with Gasteiger partial charge in [-0.25, -0.2) is 14.4 Å². The monoisotopic (exact) mass is 516 g/mol. The van der Waals surface area contributed by atoms with E-state index in [9.17, 15) is 4.79 Å². The maximum absolute atomic E-state index is 15.2. The molecule has 2 aliphatic heterocycles. The molecule has 2 atom stereocenters. The second kappa shape index (κ2) is 11.3. The number of ether oxygens (including phenoxy) is 1. The summed E-state index contributed by atoms with van der Waals surface area (Å²) < 4.78 is 20.7. The van der Waals surface area contributed by atoms with Crippen LogP contribution in [0.3, 0.4) is 0 Å². The Morgan fingerprint density at radius 2 is 1.87 bits per heavy atom. The van der Waals surface area contributed by atoms with Gasteiger partial charge in [-0.3, -0.25) is 4.79 Å². The van der Waals surface area contributed by atoms with E-state index in [1.807, 2.05) is 35.2 Å². The smallest absolute Gasteiger partial charge is 0.252 e. The number of carbonyl (C=O) groups is 1. The Morgan fingerprint density at radius 1 is 1.08 bits per heavy atom. The van der Waals surface area contributed by atoms with Crippen molar-refractivity contribution in [3.8, 4) is 6.07 Å². The number of nitrogens with zero attached hydrogens (tertiary/aromatic N) is 5. The normalized spacial score (nSPS) is 19.5. The average molecular weight is 517 g/mol. The number of nitrogens with two attached hydrogens (primary N) is 1. The van der Waals surface area contributed by atoms with Crippen molar-refractivity contribution in [3.05, 3.63) is 66.0 Å². The minimum absolute atomic E-state index is 0.133. The number of hydrogen-bond donors (Lipinski definition) is 3. The van der Waals surface area contributed by atoms with Crippen LogP contribution in [0.5, 0.6) is 0 Å². The molecule has 4 N–H and O–H groups in total. The van der Waals surface area contributed by atoms with Gasteiger partial charge in [-0.1, -0.05) is 0 Å². The van der Waals surface area contributed by atoms with Gasteiger partial charge in [0, 0.05) is 49.5 Å². The summed E-state index contributed by atoms with van der Waals surface area (Å²) in [4.78, 5) is 24.8. The van der Waals surface area contributed by atoms with Crippen molar-refractivity contribution < 1.29 is 13.9 Å². The fraction of sp³-hybridized carbons (Fsp3) is 0.333. The first-order valence-electron chi connectivity index (χ1n) is 12.5. The molecule has 4 heterocycles. The molecule has 5 rings (SSSR count). The lowest BCUT2D eigenvalue weighted by Crippen LogP contribution is -2.48. The van der Waals surface area contributed by atoms with E-state index in [0.29, 0.717) is 35.9 Å². The fourth-order valence-electron chi connectivity index (χ4n) is 4.68. The fourth-order valence-corrected chi connectivity index (χ4v) is 4.68. The van der Waals surface area contributed by atoms with Crippen LogP contribution in [0.25, 0.3) is 0 Å². The molecule has 1 amide bonds. The van der Waals surface area contributed by atoms with Gasteiger partial charge in [0.15, 0.2) is 0 Å². The predicted molar refractivity (Wildman–Crippen MR) is 144 cm³/mol. The largest absolute Gasteiger partial charge is 0.378 e. The van der Waals surface area contributed by atoms with Crippen molar-refractivity contribution in [2.24, 2.45) is 5.73 Å².